The number of halogens is 2. The van der Waals surface area contributed by atoms with Crippen molar-refractivity contribution in [3.8, 4) is 0 Å². The third-order valence-corrected chi connectivity index (χ3v) is 3.91. The SMILES string of the molecule is Clc1cc(Cl)c2c(c1)CCC1=C2CCCN1. The van der Waals surface area contributed by atoms with E-state index in [1.807, 2.05) is 6.07 Å². The normalized spacial score (nSPS) is 18.9. The van der Waals surface area contributed by atoms with Crippen LogP contribution in [0.5, 0.6) is 0 Å². The maximum Gasteiger partial charge on any atom is 0.0499 e. The summed E-state index contributed by atoms with van der Waals surface area (Å²) in [5.74, 6) is 0. The Labute approximate surface area is 105 Å². The Morgan fingerprint density at radius 1 is 1.06 bits per heavy atom. The van der Waals surface area contributed by atoms with Gasteiger partial charge in [0.2, 0.25) is 0 Å². The van der Waals surface area contributed by atoms with Crippen LogP contribution in [0.1, 0.15) is 30.4 Å². The van der Waals surface area contributed by atoms with Crippen LogP contribution < -0.4 is 5.32 Å². The summed E-state index contributed by atoms with van der Waals surface area (Å²) in [6.07, 6.45) is 4.47. The zero-order valence-corrected chi connectivity index (χ0v) is 10.5. The fourth-order valence-corrected chi connectivity index (χ4v) is 3.35. The number of benzene rings is 1. The van der Waals surface area contributed by atoms with Crippen LogP contribution >= 0.6 is 23.2 Å². The Bertz CT molecular complexity index is 477. The minimum absolute atomic E-state index is 0.747. The number of nitrogens with one attached hydrogen (secondary N) is 1. The summed E-state index contributed by atoms with van der Waals surface area (Å²) >= 11 is 12.4. The van der Waals surface area contributed by atoms with Crippen molar-refractivity contribution in [3.05, 3.63) is 39.0 Å². The van der Waals surface area contributed by atoms with Crippen LogP contribution in [0, 0.1) is 0 Å². The molecule has 0 spiro atoms. The Morgan fingerprint density at radius 3 is 2.81 bits per heavy atom. The van der Waals surface area contributed by atoms with E-state index in [1.54, 1.807) is 0 Å². The molecule has 1 heterocycles. The molecule has 0 unspecified atom stereocenters. The van der Waals surface area contributed by atoms with Crippen molar-refractivity contribution in [1.82, 2.24) is 5.32 Å². The van der Waals surface area contributed by atoms with Gasteiger partial charge in [0.15, 0.2) is 0 Å². The van der Waals surface area contributed by atoms with Crippen molar-refractivity contribution >= 4 is 28.8 Å². The Kier molecular flexibility index (Phi) is 2.61. The van der Waals surface area contributed by atoms with Gasteiger partial charge in [0, 0.05) is 27.9 Å². The molecule has 0 atom stereocenters. The lowest BCUT2D eigenvalue weighted by Gasteiger charge is -2.29. The summed E-state index contributed by atoms with van der Waals surface area (Å²) in [5, 5.41) is 5.04. The number of hydrogen-bond donors (Lipinski definition) is 1. The first kappa shape index (κ1) is 10.5. The third-order valence-electron chi connectivity index (χ3n) is 3.39. The molecule has 2 aliphatic rings. The topological polar surface area (TPSA) is 12.0 Å². The van der Waals surface area contributed by atoms with E-state index in [0.717, 1.165) is 35.9 Å². The first-order valence-electron chi connectivity index (χ1n) is 5.70. The fraction of sp³-hybridized carbons (Fsp3) is 0.385. The smallest absolute Gasteiger partial charge is 0.0499 e. The van der Waals surface area contributed by atoms with Crippen LogP contribution in [-0.2, 0) is 6.42 Å². The standard InChI is InChI=1S/C13H13Cl2N/c14-9-6-8-3-4-12-10(2-1-5-16-12)13(8)11(15)7-9/h6-7,16H,1-5H2. The quantitative estimate of drug-likeness (QED) is 0.736. The maximum absolute atomic E-state index is 6.32. The van der Waals surface area contributed by atoms with Gasteiger partial charge in [-0.15, -0.1) is 0 Å². The minimum Gasteiger partial charge on any atom is -0.388 e. The molecule has 1 N–H and O–H groups in total. The molecule has 3 rings (SSSR count). The predicted molar refractivity (Wildman–Crippen MR) is 68.9 cm³/mol. The number of fused-ring (bicyclic) bond motifs is 2. The minimum atomic E-state index is 0.747. The monoisotopic (exact) mass is 253 g/mol. The van der Waals surface area contributed by atoms with Crippen molar-refractivity contribution in [1.29, 1.82) is 0 Å². The second kappa shape index (κ2) is 3.97. The Balaban J connectivity index is 2.19. The van der Waals surface area contributed by atoms with Gasteiger partial charge in [-0.05, 0) is 49.0 Å². The van der Waals surface area contributed by atoms with Gasteiger partial charge in [0.25, 0.3) is 0 Å². The summed E-state index contributed by atoms with van der Waals surface area (Å²) in [6, 6.07) is 3.91. The molecule has 16 heavy (non-hydrogen) atoms. The lowest BCUT2D eigenvalue weighted by Crippen LogP contribution is -2.24. The lowest BCUT2D eigenvalue weighted by atomic mass is 9.85. The van der Waals surface area contributed by atoms with Gasteiger partial charge in [-0.25, -0.2) is 0 Å². The molecule has 0 bridgehead atoms. The highest BCUT2D eigenvalue weighted by atomic mass is 35.5. The van der Waals surface area contributed by atoms with E-state index in [4.69, 9.17) is 23.2 Å². The highest BCUT2D eigenvalue weighted by Crippen LogP contribution is 2.40. The molecular weight excluding hydrogens is 241 g/mol. The van der Waals surface area contributed by atoms with E-state index >= 15 is 0 Å². The number of rotatable bonds is 0. The summed E-state index contributed by atoms with van der Waals surface area (Å²) in [5.41, 5.74) is 5.34. The Hall–Kier alpha value is -0.660. The largest absolute Gasteiger partial charge is 0.388 e. The summed E-state index contributed by atoms with van der Waals surface area (Å²) in [6.45, 7) is 1.10. The zero-order valence-electron chi connectivity index (χ0n) is 8.95. The van der Waals surface area contributed by atoms with Gasteiger partial charge >= 0.3 is 0 Å². The van der Waals surface area contributed by atoms with Gasteiger partial charge in [-0.2, -0.15) is 0 Å². The molecule has 84 valence electrons. The first-order chi connectivity index (χ1) is 7.75. The van der Waals surface area contributed by atoms with E-state index in [-0.39, 0.29) is 0 Å². The van der Waals surface area contributed by atoms with Crippen molar-refractivity contribution in [2.45, 2.75) is 25.7 Å². The molecule has 0 fully saturated rings. The van der Waals surface area contributed by atoms with Crippen LogP contribution in [0.2, 0.25) is 10.0 Å². The molecular formula is C13H13Cl2N. The molecule has 1 aromatic rings. The molecule has 1 aliphatic carbocycles. The van der Waals surface area contributed by atoms with Crippen molar-refractivity contribution in [3.63, 3.8) is 0 Å². The van der Waals surface area contributed by atoms with Crippen LogP contribution in [-0.4, -0.2) is 6.54 Å². The number of aryl methyl sites for hydroxylation is 1. The van der Waals surface area contributed by atoms with Crippen molar-refractivity contribution in [2.75, 3.05) is 6.54 Å². The highest BCUT2D eigenvalue weighted by molar-refractivity contribution is 6.36. The van der Waals surface area contributed by atoms with Gasteiger partial charge in [-0.3, -0.25) is 0 Å². The molecule has 3 heteroatoms. The van der Waals surface area contributed by atoms with Crippen LogP contribution in [0.4, 0.5) is 0 Å². The second-order valence-corrected chi connectivity index (χ2v) is 5.25. The number of hydrogen-bond acceptors (Lipinski definition) is 1. The van der Waals surface area contributed by atoms with E-state index < -0.39 is 0 Å². The highest BCUT2D eigenvalue weighted by Gasteiger charge is 2.23. The summed E-state index contributed by atoms with van der Waals surface area (Å²) in [4.78, 5) is 0. The van der Waals surface area contributed by atoms with Crippen LogP contribution in [0.15, 0.2) is 17.8 Å². The average Bonchev–Trinajstić information content (AvgIpc) is 2.28. The van der Waals surface area contributed by atoms with Crippen molar-refractivity contribution in [2.24, 2.45) is 0 Å². The molecule has 0 amide bonds. The second-order valence-electron chi connectivity index (χ2n) is 4.41. The molecule has 1 nitrogen and oxygen atoms in total. The number of allylic oxidation sites excluding steroid dienone is 2. The molecule has 1 aliphatic heterocycles. The van der Waals surface area contributed by atoms with Gasteiger partial charge in [0.05, 0.1) is 0 Å². The molecule has 0 saturated heterocycles. The van der Waals surface area contributed by atoms with Gasteiger partial charge in [-0.1, -0.05) is 23.2 Å². The summed E-state index contributed by atoms with van der Waals surface area (Å²) in [7, 11) is 0. The first-order valence-corrected chi connectivity index (χ1v) is 6.45. The van der Waals surface area contributed by atoms with E-state index in [9.17, 15) is 0 Å². The van der Waals surface area contributed by atoms with E-state index in [0.29, 0.717) is 0 Å². The van der Waals surface area contributed by atoms with Crippen LogP contribution in [0.3, 0.4) is 0 Å². The van der Waals surface area contributed by atoms with Gasteiger partial charge < -0.3 is 5.32 Å². The van der Waals surface area contributed by atoms with Crippen LogP contribution in [0.25, 0.3) is 5.57 Å². The lowest BCUT2D eigenvalue weighted by molar-refractivity contribution is 0.657. The summed E-state index contributed by atoms with van der Waals surface area (Å²) < 4.78 is 0. The fourth-order valence-electron chi connectivity index (χ4n) is 2.70. The molecule has 0 radical (unpaired) electrons. The van der Waals surface area contributed by atoms with Crippen molar-refractivity contribution < 1.29 is 0 Å². The van der Waals surface area contributed by atoms with E-state index in [1.165, 1.54) is 28.8 Å². The zero-order chi connectivity index (χ0) is 11.1. The maximum atomic E-state index is 6.32. The van der Waals surface area contributed by atoms with Gasteiger partial charge in [0.1, 0.15) is 0 Å². The third kappa shape index (κ3) is 1.63. The molecule has 0 saturated carbocycles. The molecule has 1 aromatic carbocycles. The average molecular weight is 254 g/mol. The predicted octanol–water partition coefficient (Wildman–Crippen LogP) is 4.03. The van der Waals surface area contributed by atoms with E-state index in [2.05, 4.69) is 11.4 Å². The molecule has 0 aromatic heterocycles. The Morgan fingerprint density at radius 2 is 1.94 bits per heavy atom.